The number of carbonyl (C=O) groups excluding carboxylic acids is 1. The van der Waals surface area contributed by atoms with Crippen LogP contribution in [0, 0.1) is 0 Å². The van der Waals surface area contributed by atoms with Crippen molar-refractivity contribution < 1.29 is 19.4 Å². The molecule has 0 aliphatic carbocycles. The molecule has 0 saturated carbocycles. The fraction of sp³-hybridized carbons (Fsp3) is 0.529. The van der Waals surface area contributed by atoms with Crippen LogP contribution in [-0.4, -0.2) is 47.6 Å². The molecule has 0 spiro atoms. The first-order valence-corrected chi connectivity index (χ1v) is 8.05. The van der Waals surface area contributed by atoms with E-state index >= 15 is 0 Å². The molecule has 0 unspecified atom stereocenters. The highest BCUT2D eigenvalue weighted by molar-refractivity contribution is 5.80. The van der Waals surface area contributed by atoms with Crippen LogP contribution in [0.5, 0.6) is 5.75 Å². The molecule has 1 fully saturated rings. The van der Waals surface area contributed by atoms with Gasteiger partial charge in [-0.3, -0.25) is 14.5 Å². The maximum Gasteiger partial charge on any atom is 0.320 e. The number of carboxylic acids is 1. The third kappa shape index (κ3) is 5.25. The Bertz CT molecular complexity index is 530. The summed E-state index contributed by atoms with van der Waals surface area (Å²) in [4.78, 5) is 24.8. The number of carboxylic acid groups (broad SMARTS) is 1. The van der Waals surface area contributed by atoms with Crippen LogP contribution >= 0.6 is 0 Å². The number of likely N-dealkylation sites (tertiary alicyclic amines) is 1. The number of rotatable bonds is 8. The number of aliphatic carboxylic acids is 1. The van der Waals surface area contributed by atoms with Gasteiger partial charge in [0.1, 0.15) is 11.8 Å². The van der Waals surface area contributed by atoms with Gasteiger partial charge < -0.3 is 15.2 Å². The molecule has 1 atom stereocenters. The van der Waals surface area contributed by atoms with Crippen molar-refractivity contribution in [2.24, 2.45) is 0 Å². The van der Waals surface area contributed by atoms with Crippen molar-refractivity contribution >= 4 is 11.9 Å². The van der Waals surface area contributed by atoms with Crippen LogP contribution < -0.4 is 10.1 Å². The summed E-state index contributed by atoms with van der Waals surface area (Å²) in [5, 5.41) is 11.9. The van der Waals surface area contributed by atoms with Crippen molar-refractivity contribution in [3.63, 3.8) is 0 Å². The molecule has 1 aromatic carbocycles. The lowest BCUT2D eigenvalue weighted by Crippen LogP contribution is -2.42. The molecule has 0 bridgehead atoms. The Balaban J connectivity index is 1.76. The third-order valence-electron chi connectivity index (χ3n) is 3.88. The van der Waals surface area contributed by atoms with Gasteiger partial charge in [-0.25, -0.2) is 0 Å². The van der Waals surface area contributed by atoms with Crippen LogP contribution in [0.3, 0.4) is 0 Å². The Morgan fingerprint density at radius 2 is 2.09 bits per heavy atom. The lowest BCUT2D eigenvalue weighted by atomic mass is 10.2. The predicted molar refractivity (Wildman–Crippen MR) is 86.3 cm³/mol. The van der Waals surface area contributed by atoms with Gasteiger partial charge in [0.05, 0.1) is 13.2 Å². The molecular weight excluding hydrogens is 296 g/mol. The van der Waals surface area contributed by atoms with E-state index in [0.717, 1.165) is 24.2 Å². The minimum atomic E-state index is -0.849. The summed E-state index contributed by atoms with van der Waals surface area (Å²) >= 11 is 0. The highest BCUT2D eigenvalue weighted by Crippen LogP contribution is 2.16. The Morgan fingerprint density at radius 1 is 1.35 bits per heavy atom. The van der Waals surface area contributed by atoms with Gasteiger partial charge >= 0.3 is 5.97 Å². The van der Waals surface area contributed by atoms with E-state index in [1.807, 2.05) is 24.3 Å². The summed E-state index contributed by atoms with van der Waals surface area (Å²) in [6, 6.07) is 7.08. The average molecular weight is 320 g/mol. The summed E-state index contributed by atoms with van der Waals surface area (Å²) in [6.07, 6.45) is 2.40. The summed E-state index contributed by atoms with van der Waals surface area (Å²) < 4.78 is 5.51. The molecule has 1 aromatic rings. The van der Waals surface area contributed by atoms with Gasteiger partial charge in [0.2, 0.25) is 5.91 Å². The van der Waals surface area contributed by atoms with Crippen LogP contribution in [0.4, 0.5) is 0 Å². The van der Waals surface area contributed by atoms with E-state index in [2.05, 4.69) is 12.2 Å². The van der Waals surface area contributed by atoms with Crippen molar-refractivity contribution in [3.05, 3.63) is 29.8 Å². The molecule has 2 N–H and O–H groups in total. The standard InChI is InChI=1S/C17H24N2O4/c1-2-10-23-14-7-5-13(6-8-14)11-18-16(20)12-19-9-3-4-15(19)17(21)22/h5-8,15H,2-4,9-12H2,1H3,(H,18,20)(H,21,22)/t15-/m1/s1. The van der Waals surface area contributed by atoms with Gasteiger partial charge in [-0.2, -0.15) is 0 Å². The van der Waals surface area contributed by atoms with Gasteiger partial charge in [-0.1, -0.05) is 19.1 Å². The lowest BCUT2D eigenvalue weighted by molar-refractivity contribution is -0.142. The summed E-state index contributed by atoms with van der Waals surface area (Å²) in [7, 11) is 0. The average Bonchev–Trinajstić information content (AvgIpc) is 3.00. The van der Waals surface area contributed by atoms with Crippen molar-refractivity contribution in [3.8, 4) is 5.75 Å². The second-order valence-corrected chi connectivity index (χ2v) is 5.74. The molecule has 23 heavy (non-hydrogen) atoms. The zero-order valence-corrected chi connectivity index (χ0v) is 13.5. The number of benzene rings is 1. The van der Waals surface area contributed by atoms with Crippen LogP contribution in [0.15, 0.2) is 24.3 Å². The third-order valence-corrected chi connectivity index (χ3v) is 3.88. The highest BCUT2D eigenvalue weighted by atomic mass is 16.5. The molecule has 1 amide bonds. The Hall–Kier alpha value is -2.08. The first-order chi connectivity index (χ1) is 11.1. The normalized spacial score (nSPS) is 17.9. The summed E-state index contributed by atoms with van der Waals surface area (Å²) in [5.41, 5.74) is 0.985. The number of hydrogen-bond donors (Lipinski definition) is 2. The number of amides is 1. The Kier molecular flexibility index (Phi) is 6.40. The second-order valence-electron chi connectivity index (χ2n) is 5.74. The molecule has 1 heterocycles. The van der Waals surface area contributed by atoms with Gasteiger partial charge in [0.25, 0.3) is 0 Å². The van der Waals surface area contributed by atoms with Crippen LogP contribution in [0.1, 0.15) is 31.7 Å². The zero-order chi connectivity index (χ0) is 16.7. The van der Waals surface area contributed by atoms with Crippen molar-refractivity contribution in [2.45, 2.75) is 38.8 Å². The van der Waals surface area contributed by atoms with E-state index in [1.165, 1.54) is 0 Å². The Morgan fingerprint density at radius 3 is 2.74 bits per heavy atom. The van der Waals surface area contributed by atoms with Crippen LogP contribution in [0.2, 0.25) is 0 Å². The molecule has 6 nitrogen and oxygen atoms in total. The van der Waals surface area contributed by atoms with Gasteiger partial charge in [0, 0.05) is 6.54 Å². The first kappa shape index (κ1) is 17.3. The molecule has 6 heteroatoms. The molecule has 0 radical (unpaired) electrons. The van der Waals surface area contributed by atoms with Crippen molar-refractivity contribution in [1.82, 2.24) is 10.2 Å². The number of nitrogens with zero attached hydrogens (tertiary/aromatic N) is 1. The fourth-order valence-electron chi connectivity index (χ4n) is 2.66. The molecule has 2 rings (SSSR count). The molecule has 126 valence electrons. The molecule has 0 aromatic heterocycles. The van der Waals surface area contributed by atoms with Crippen molar-refractivity contribution in [2.75, 3.05) is 19.7 Å². The van der Waals surface area contributed by atoms with Gasteiger partial charge in [-0.15, -0.1) is 0 Å². The lowest BCUT2D eigenvalue weighted by Gasteiger charge is -2.20. The maximum atomic E-state index is 12.0. The highest BCUT2D eigenvalue weighted by Gasteiger charge is 2.31. The van der Waals surface area contributed by atoms with E-state index in [4.69, 9.17) is 9.84 Å². The first-order valence-electron chi connectivity index (χ1n) is 8.05. The monoisotopic (exact) mass is 320 g/mol. The minimum Gasteiger partial charge on any atom is -0.494 e. The molecular formula is C17H24N2O4. The fourth-order valence-corrected chi connectivity index (χ4v) is 2.66. The van der Waals surface area contributed by atoms with Crippen molar-refractivity contribution in [1.29, 1.82) is 0 Å². The molecule has 1 aliphatic rings. The number of ether oxygens (including phenoxy) is 1. The van der Waals surface area contributed by atoms with E-state index in [1.54, 1.807) is 4.90 Å². The predicted octanol–water partition coefficient (Wildman–Crippen LogP) is 1.64. The van der Waals surface area contributed by atoms with E-state index in [-0.39, 0.29) is 12.5 Å². The number of hydrogen-bond acceptors (Lipinski definition) is 4. The number of carbonyl (C=O) groups is 2. The topological polar surface area (TPSA) is 78.9 Å². The van der Waals surface area contributed by atoms with Crippen LogP contribution in [0.25, 0.3) is 0 Å². The summed E-state index contributed by atoms with van der Waals surface area (Å²) in [6.45, 7) is 3.97. The summed E-state index contributed by atoms with van der Waals surface area (Å²) in [5.74, 6) is -0.175. The van der Waals surface area contributed by atoms with Gasteiger partial charge in [-0.05, 0) is 43.5 Å². The van der Waals surface area contributed by atoms with Gasteiger partial charge in [0.15, 0.2) is 0 Å². The van der Waals surface area contributed by atoms with Crippen LogP contribution in [-0.2, 0) is 16.1 Å². The zero-order valence-electron chi connectivity index (χ0n) is 13.5. The quantitative estimate of drug-likeness (QED) is 0.761. The number of nitrogens with one attached hydrogen (secondary N) is 1. The largest absolute Gasteiger partial charge is 0.494 e. The van der Waals surface area contributed by atoms with E-state index in [0.29, 0.717) is 26.1 Å². The SMILES string of the molecule is CCCOc1ccc(CNC(=O)CN2CCC[C@@H]2C(=O)O)cc1. The maximum absolute atomic E-state index is 12.0. The Labute approximate surface area is 136 Å². The van der Waals surface area contributed by atoms with E-state index in [9.17, 15) is 9.59 Å². The molecule has 1 aliphatic heterocycles. The van der Waals surface area contributed by atoms with E-state index < -0.39 is 12.0 Å². The smallest absolute Gasteiger partial charge is 0.320 e. The minimum absolute atomic E-state index is 0.134. The molecule has 1 saturated heterocycles. The second kappa shape index (κ2) is 8.53.